The summed E-state index contributed by atoms with van der Waals surface area (Å²) in [5, 5.41) is 8.95. The van der Waals surface area contributed by atoms with Crippen molar-refractivity contribution in [1.82, 2.24) is 0 Å². The van der Waals surface area contributed by atoms with Crippen molar-refractivity contribution in [2.45, 2.75) is 17.7 Å². The highest BCUT2D eigenvalue weighted by molar-refractivity contribution is 7.92. The summed E-state index contributed by atoms with van der Waals surface area (Å²) in [6.07, 6.45) is 1.50. The van der Waals surface area contributed by atoms with Crippen molar-refractivity contribution in [2.75, 3.05) is 18.0 Å². The van der Waals surface area contributed by atoms with Crippen molar-refractivity contribution in [3.8, 4) is 5.75 Å². The van der Waals surface area contributed by atoms with Crippen molar-refractivity contribution < 1.29 is 23.1 Å². The number of hydrogen-bond acceptors (Lipinski definition) is 4. The lowest BCUT2D eigenvalue weighted by Crippen LogP contribution is -2.35. The number of carboxylic acid groups (broad SMARTS) is 1. The number of rotatable bonds is 4. The molecule has 7 heteroatoms. The molecule has 126 valence electrons. The van der Waals surface area contributed by atoms with Gasteiger partial charge >= 0.3 is 5.97 Å². The third-order valence-electron chi connectivity index (χ3n) is 4.05. The zero-order valence-electron chi connectivity index (χ0n) is 13.1. The molecule has 2 aromatic carbocycles. The van der Waals surface area contributed by atoms with Gasteiger partial charge in [-0.1, -0.05) is 12.1 Å². The minimum Gasteiger partial charge on any atom is -0.495 e. The summed E-state index contributed by atoms with van der Waals surface area (Å²) < 4.78 is 32.7. The Morgan fingerprint density at radius 1 is 1.17 bits per heavy atom. The Kier molecular flexibility index (Phi) is 4.19. The number of hydrogen-bond donors (Lipinski definition) is 1. The molecule has 6 nitrogen and oxygen atoms in total. The van der Waals surface area contributed by atoms with Crippen LogP contribution in [-0.4, -0.2) is 33.1 Å². The van der Waals surface area contributed by atoms with Crippen molar-refractivity contribution in [1.29, 1.82) is 0 Å². The van der Waals surface area contributed by atoms with Crippen molar-refractivity contribution in [3.05, 3.63) is 53.6 Å². The smallest absolute Gasteiger partial charge is 0.335 e. The van der Waals surface area contributed by atoms with E-state index in [0.29, 0.717) is 24.4 Å². The monoisotopic (exact) mass is 347 g/mol. The second kappa shape index (κ2) is 6.16. The lowest BCUT2D eigenvalue weighted by atomic mass is 10.0. The second-order valence-electron chi connectivity index (χ2n) is 5.48. The number of methoxy groups -OCH3 is 1. The van der Waals surface area contributed by atoms with Gasteiger partial charge < -0.3 is 9.84 Å². The summed E-state index contributed by atoms with van der Waals surface area (Å²) in [5.74, 6) is -0.582. The highest BCUT2D eigenvalue weighted by Gasteiger charge is 2.31. The molecule has 0 unspecified atom stereocenters. The Balaban J connectivity index is 2.08. The van der Waals surface area contributed by atoms with E-state index in [4.69, 9.17) is 9.84 Å². The van der Waals surface area contributed by atoms with Crippen LogP contribution in [0.3, 0.4) is 0 Å². The molecule has 0 atom stereocenters. The molecular weight excluding hydrogens is 330 g/mol. The van der Waals surface area contributed by atoms with E-state index in [1.165, 1.54) is 35.7 Å². The maximum absolute atomic E-state index is 13.0. The molecule has 2 aromatic rings. The van der Waals surface area contributed by atoms with Gasteiger partial charge in [0.15, 0.2) is 0 Å². The summed E-state index contributed by atoms with van der Waals surface area (Å²) in [6.45, 7) is 0.358. The molecule has 0 saturated carbocycles. The van der Waals surface area contributed by atoms with Gasteiger partial charge in [-0.15, -0.1) is 0 Å². The number of fused-ring (bicyclic) bond motifs is 1. The molecule has 0 aromatic heterocycles. The van der Waals surface area contributed by atoms with Gasteiger partial charge in [0.2, 0.25) is 0 Å². The summed E-state index contributed by atoms with van der Waals surface area (Å²) in [5.41, 5.74) is 1.53. The van der Waals surface area contributed by atoms with Gasteiger partial charge in [-0.05, 0) is 48.7 Å². The van der Waals surface area contributed by atoms with E-state index < -0.39 is 16.0 Å². The van der Waals surface area contributed by atoms with Crippen molar-refractivity contribution >= 4 is 21.7 Å². The standard InChI is InChI=1S/C17H17NO5S/c1-23-15-6-2-4-12-5-3-11-18(16(12)15)24(21,22)14-9-7-13(8-10-14)17(19)20/h2,4,6-10H,3,5,11H2,1H3,(H,19,20). The Morgan fingerprint density at radius 2 is 1.88 bits per heavy atom. The number of aromatic carboxylic acids is 1. The number of nitrogens with zero attached hydrogens (tertiary/aromatic N) is 1. The summed E-state index contributed by atoms with van der Waals surface area (Å²) >= 11 is 0. The first-order valence-corrected chi connectivity index (χ1v) is 8.91. The average Bonchev–Trinajstić information content (AvgIpc) is 2.60. The van der Waals surface area contributed by atoms with Crippen LogP contribution in [0.5, 0.6) is 5.75 Å². The normalized spacial score (nSPS) is 14.1. The van der Waals surface area contributed by atoms with Crippen molar-refractivity contribution in [3.63, 3.8) is 0 Å². The van der Waals surface area contributed by atoms with Crippen LogP contribution in [0.15, 0.2) is 47.4 Å². The molecule has 0 saturated heterocycles. The third kappa shape index (κ3) is 2.71. The SMILES string of the molecule is COc1cccc2c1N(S(=O)(=O)c1ccc(C(=O)O)cc1)CCC2. The molecule has 1 aliphatic rings. The summed E-state index contributed by atoms with van der Waals surface area (Å²) in [7, 11) is -2.28. The number of ether oxygens (including phenoxy) is 1. The fourth-order valence-electron chi connectivity index (χ4n) is 2.88. The first kappa shape index (κ1) is 16.3. The average molecular weight is 347 g/mol. The number of anilines is 1. The van der Waals surface area contributed by atoms with Crippen LogP contribution in [0.4, 0.5) is 5.69 Å². The van der Waals surface area contributed by atoms with Crippen LogP contribution in [-0.2, 0) is 16.4 Å². The van der Waals surface area contributed by atoms with Gasteiger partial charge in [0.25, 0.3) is 10.0 Å². The van der Waals surface area contributed by atoms with Gasteiger partial charge in [0.05, 0.1) is 23.3 Å². The van der Waals surface area contributed by atoms with E-state index in [1.807, 2.05) is 12.1 Å². The topological polar surface area (TPSA) is 83.9 Å². The number of sulfonamides is 1. The van der Waals surface area contributed by atoms with Gasteiger partial charge in [0, 0.05) is 6.54 Å². The van der Waals surface area contributed by atoms with E-state index in [-0.39, 0.29) is 10.5 Å². The first-order valence-electron chi connectivity index (χ1n) is 7.47. The first-order chi connectivity index (χ1) is 11.4. The molecule has 24 heavy (non-hydrogen) atoms. The molecule has 0 aliphatic carbocycles. The molecule has 0 amide bonds. The molecule has 3 rings (SSSR count). The molecule has 1 heterocycles. The van der Waals surface area contributed by atoms with Gasteiger partial charge in [-0.2, -0.15) is 0 Å². The molecule has 0 fully saturated rings. The quantitative estimate of drug-likeness (QED) is 0.919. The van der Waals surface area contributed by atoms with Crippen LogP contribution in [0, 0.1) is 0 Å². The molecule has 0 radical (unpaired) electrons. The number of para-hydroxylation sites is 1. The predicted octanol–water partition coefficient (Wildman–Crippen LogP) is 2.53. The van der Waals surface area contributed by atoms with E-state index in [9.17, 15) is 13.2 Å². The highest BCUT2D eigenvalue weighted by atomic mass is 32.2. The Labute approximate surface area is 140 Å². The zero-order valence-corrected chi connectivity index (χ0v) is 13.9. The summed E-state index contributed by atoms with van der Waals surface area (Å²) in [6, 6.07) is 10.7. The maximum Gasteiger partial charge on any atom is 0.335 e. The Morgan fingerprint density at radius 3 is 2.50 bits per heavy atom. The highest BCUT2D eigenvalue weighted by Crippen LogP contribution is 2.39. The van der Waals surface area contributed by atoms with Gasteiger partial charge in [-0.25, -0.2) is 13.2 Å². The van der Waals surface area contributed by atoms with E-state index >= 15 is 0 Å². The van der Waals surface area contributed by atoms with E-state index in [1.54, 1.807) is 6.07 Å². The van der Waals surface area contributed by atoms with Crippen LogP contribution < -0.4 is 9.04 Å². The van der Waals surface area contributed by atoms with Crippen LogP contribution in [0.1, 0.15) is 22.3 Å². The van der Waals surface area contributed by atoms with Crippen LogP contribution in [0.25, 0.3) is 0 Å². The number of carboxylic acids is 1. The largest absolute Gasteiger partial charge is 0.495 e. The Bertz CT molecular complexity index is 860. The van der Waals surface area contributed by atoms with Crippen LogP contribution >= 0.6 is 0 Å². The van der Waals surface area contributed by atoms with Crippen LogP contribution in [0.2, 0.25) is 0 Å². The maximum atomic E-state index is 13.0. The molecule has 1 aliphatic heterocycles. The van der Waals surface area contributed by atoms with Crippen molar-refractivity contribution in [2.24, 2.45) is 0 Å². The number of aryl methyl sites for hydroxylation is 1. The minimum atomic E-state index is -3.79. The lowest BCUT2D eigenvalue weighted by molar-refractivity contribution is 0.0696. The predicted molar refractivity (Wildman–Crippen MR) is 89.2 cm³/mol. The molecule has 0 bridgehead atoms. The zero-order chi connectivity index (χ0) is 17.3. The minimum absolute atomic E-state index is 0.0468. The molecule has 0 spiro atoms. The second-order valence-corrected chi connectivity index (χ2v) is 7.34. The summed E-state index contributed by atoms with van der Waals surface area (Å²) in [4.78, 5) is 11.0. The number of carbonyl (C=O) groups is 1. The molecular formula is C17H17NO5S. The fraction of sp³-hybridized carbons (Fsp3) is 0.235. The van der Waals surface area contributed by atoms with E-state index in [2.05, 4.69) is 0 Å². The fourth-order valence-corrected chi connectivity index (χ4v) is 4.43. The number of benzene rings is 2. The lowest BCUT2D eigenvalue weighted by Gasteiger charge is -2.31. The van der Waals surface area contributed by atoms with Gasteiger partial charge in [-0.3, -0.25) is 4.31 Å². The van der Waals surface area contributed by atoms with E-state index in [0.717, 1.165) is 12.0 Å². The van der Waals surface area contributed by atoms with Gasteiger partial charge in [0.1, 0.15) is 5.75 Å². The third-order valence-corrected chi connectivity index (χ3v) is 5.86. The molecule has 1 N–H and O–H groups in total. The Hall–Kier alpha value is -2.54.